The average Bonchev–Trinajstić information content (AvgIpc) is 1.79. The number of nitrogens with one attached hydrogen (secondary N) is 2. The fraction of sp³-hybridized carbons (Fsp3) is 0. The summed E-state index contributed by atoms with van der Waals surface area (Å²) in [5, 5.41) is 4.50. The Hall–Kier alpha value is -1.39. The van der Waals surface area contributed by atoms with Crippen LogP contribution in [0.2, 0.25) is 0 Å². The molecule has 0 aliphatic heterocycles. The molecule has 0 saturated carbocycles. The van der Waals surface area contributed by atoms with Crippen LogP contribution in [0.1, 0.15) is 0 Å². The molecule has 0 saturated heterocycles. The fourth-order valence-corrected chi connectivity index (χ4v) is 0.322. The average molecular weight is 115 g/mol. The molecule has 0 aliphatic rings. The number of hydrogen-bond acceptors (Lipinski definition) is 3. The zero-order chi connectivity index (χ0) is 5.98. The predicted octanol–water partition coefficient (Wildman–Crippen LogP) is -0.242. The number of nitrogen functional groups attached to an aromatic ring is 1. The summed E-state index contributed by atoms with van der Waals surface area (Å²) in [6, 6.07) is 0. The monoisotopic (exact) mass is 115 g/mol. The SMILES string of the molecule is Nc1[nH]oc1NC=O. The number of amides is 1. The Kier molecular flexibility index (Phi) is 0.957. The first-order valence-corrected chi connectivity index (χ1v) is 1.97. The summed E-state index contributed by atoms with van der Waals surface area (Å²) in [5.41, 5.74) is 5.13. The van der Waals surface area contributed by atoms with Crippen LogP contribution in [0.25, 0.3) is 0 Å². The second-order valence-electron chi connectivity index (χ2n) is 1.21. The van der Waals surface area contributed by atoms with Gasteiger partial charge in [0.2, 0.25) is 6.41 Å². The lowest BCUT2D eigenvalue weighted by atomic mass is 10.7. The molecule has 0 aromatic carbocycles. The Morgan fingerprint density at radius 1 is 1.88 bits per heavy atom. The van der Waals surface area contributed by atoms with Crippen LogP contribution >= 0.6 is 0 Å². The van der Waals surface area contributed by atoms with Crippen LogP contribution in [-0.4, -0.2) is 11.6 Å². The number of nitrogens with two attached hydrogens (primary N) is 1. The van der Waals surface area contributed by atoms with Crippen molar-refractivity contribution < 1.29 is 9.32 Å². The molecule has 1 aromatic rings. The van der Waals surface area contributed by atoms with Crippen molar-refractivity contribution >= 4 is 18.1 Å². The van der Waals surface area contributed by atoms with E-state index in [0.29, 0.717) is 12.2 Å². The van der Waals surface area contributed by atoms with E-state index in [2.05, 4.69) is 15.0 Å². The molecule has 0 fully saturated rings. The topological polar surface area (TPSA) is 84.1 Å². The molecule has 1 rings (SSSR count). The predicted molar refractivity (Wildman–Crippen MR) is 27.2 cm³/mol. The molecule has 8 heavy (non-hydrogen) atoms. The van der Waals surface area contributed by atoms with Gasteiger partial charge < -0.3 is 10.3 Å². The van der Waals surface area contributed by atoms with Gasteiger partial charge in [-0.05, 0) is 0 Å². The summed E-state index contributed by atoms with van der Waals surface area (Å²) < 4.78 is 4.45. The first kappa shape index (κ1) is 4.76. The number of aromatic nitrogens is 1. The van der Waals surface area contributed by atoms with Gasteiger partial charge in [-0.3, -0.25) is 10.1 Å². The number of anilines is 2. The second-order valence-corrected chi connectivity index (χ2v) is 1.21. The third kappa shape index (κ3) is 0.534. The van der Waals surface area contributed by atoms with E-state index in [9.17, 15) is 4.79 Å². The largest absolute Gasteiger partial charge is 0.379 e. The van der Waals surface area contributed by atoms with Gasteiger partial charge in [0.25, 0.3) is 5.88 Å². The number of carbonyl (C=O) groups excluding carboxylic acids is 1. The molecule has 0 aliphatic carbocycles. The summed E-state index contributed by atoms with van der Waals surface area (Å²) in [5.74, 6) is 0.622. The Morgan fingerprint density at radius 3 is 2.75 bits per heavy atom. The number of hydrogen-bond donors (Lipinski definition) is 3. The Labute approximate surface area is 44.8 Å². The summed E-state index contributed by atoms with van der Waals surface area (Å²) in [6.45, 7) is 0. The molecule has 0 radical (unpaired) electrons. The van der Waals surface area contributed by atoms with Crippen molar-refractivity contribution in [3.63, 3.8) is 0 Å². The van der Waals surface area contributed by atoms with Crippen LogP contribution in [0.3, 0.4) is 0 Å². The third-order valence-corrected chi connectivity index (χ3v) is 0.698. The summed E-state index contributed by atoms with van der Waals surface area (Å²) in [6.07, 6.45) is 0.489. The van der Waals surface area contributed by atoms with Gasteiger partial charge in [-0.1, -0.05) is 0 Å². The Bertz CT molecular complexity index is 177. The number of carbonyl (C=O) groups is 1. The summed E-state index contributed by atoms with van der Waals surface area (Å²) in [7, 11) is 0. The van der Waals surface area contributed by atoms with Crippen molar-refractivity contribution in [2.45, 2.75) is 0 Å². The lowest BCUT2D eigenvalue weighted by Gasteiger charge is -2.02. The normalized spacial score (nSPS) is 9.00. The Balaban J connectivity index is 2.55. The molecule has 0 unspecified atom stereocenters. The van der Waals surface area contributed by atoms with E-state index < -0.39 is 0 Å². The highest BCUT2D eigenvalue weighted by Crippen LogP contribution is 2.15. The van der Waals surface area contributed by atoms with E-state index in [4.69, 9.17) is 5.73 Å². The standard InChI is InChI=1S/C3H5N3O2/c4-2-3(5-1-7)8-6-2/h1,6H,4H2,(H,5,7). The van der Waals surface area contributed by atoms with Gasteiger partial charge in [0.05, 0.1) is 0 Å². The minimum atomic E-state index is 0.278. The quantitative estimate of drug-likeness (QED) is 0.465. The highest BCUT2D eigenvalue weighted by atomic mass is 16.5. The first-order valence-electron chi connectivity index (χ1n) is 1.97. The molecule has 0 spiro atoms. The molecule has 44 valence electrons. The first-order chi connectivity index (χ1) is 3.84. The van der Waals surface area contributed by atoms with Crippen molar-refractivity contribution in [2.24, 2.45) is 0 Å². The minimum Gasteiger partial charge on any atom is -0.379 e. The van der Waals surface area contributed by atoms with Crippen molar-refractivity contribution in [1.29, 1.82) is 0 Å². The number of rotatable bonds is 2. The summed E-state index contributed by atoms with van der Waals surface area (Å²) >= 11 is 0. The van der Waals surface area contributed by atoms with Crippen molar-refractivity contribution in [3.8, 4) is 0 Å². The van der Waals surface area contributed by atoms with Crippen molar-refractivity contribution in [1.82, 2.24) is 5.16 Å². The van der Waals surface area contributed by atoms with E-state index >= 15 is 0 Å². The van der Waals surface area contributed by atoms with Crippen molar-refractivity contribution in [3.05, 3.63) is 0 Å². The zero-order valence-corrected chi connectivity index (χ0v) is 3.97. The van der Waals surface area contributed by atoms with Crippen molar-refractivity contribution in [2.75, 3.05) is 11.1 Å². The molecular formula is C3H5N3O2. The van der Waals surface area contributed by atoms with Gasteiger partial charge in [-0.2, -0.15) is 5.16 Å². The van der Waals surface area contributed by atoms with E-state index in [0.717, 1.165) is 0 Å². The van der Waals surface area contributed by atoms with E-state index in [1.807, 2.05) is 0 Å². The van der Waals surface area contributed by atoms with Gasteiger partial charge in [-0.25, -0.2) is 0 Å². The maximum atomic E-state index is 9.64. The van der Waals surface area contributed by atoms with Crippen LogP contribution in [-0.2, 0) is 4.79 Å². The van der Waals surface area contributed by atoms with Crippen LogP contribution < -0.4 is 11.1 Å². The van der Waals surface area contributed by atoms with Gasteiger partial charge in [-0.15, -0.1) is 0 Å². The lowest BCUT2D eigenvalue weighted by molar-refractivity contribution is -0.105. The smallest absolute Gasteiger partial charge is 0.269 e. The van der Waals surface area contributed by atoms with Gasteiger partial charge >= 0.3 is 0 Å². The third-order valence-electron chi connectivity index (χ3n) is 0.698. The Morgan fingerprint density at radius 2 is 2.62 bits per heavy atom. The number of H-pyrrole nitrogens is 1. The van der Waals surface area contributed by atoms with Crippen LogP contribution in [0.5, 0.6) is 0 Å². The van der Waals surface area contributed by atoms with E-state index in [1.54, 1.807) is 0 Å². The highest BCUT2D eigenvalue weighted by Gasteiger charge is 2.02. The minimum absolute atomic E-state index is 0.278. The maximum Gasteiger partial charge on any atom is 0.269 e. The van der Waals surface area contributed by atoms with E-state index in [-0.39, 0.29) is 5.88 Å². The molecule has 4 N–H and O–H groups in total. The second kappa shape index (κ2) is 1.61. The van der Waals surface area contributed by atoms with Gasteiger partial charge in [0, 0.05) is 0 Å². The van der Waals surface area contributed by atoms with Crippen LogP contribution in [0, 0.1) is 0 Å². The maximum absolute atomic E-state index is 9.64. The molecule has 0 atom stereocenters. The summed E-state index contributed by atoms with van der Waals surface area (Å²) in [4.78, 5) is 9.64. The molecule has 1 amide bonds. The number of aromatic amines is 1. The molecule has 0 bridgehead atoms. The van der Waals surface area contributed by atoms with E-state index in [1.165, 1.54) is 0 Å². The lowest BCUT2D eigenvalue weighted by Crippen LogP contribution is -2.04. The zero-order valence-electron chi connectivity index (χ0n) is 3.97. The van der Waals surface area contributed by atoms with Crippen LogP contribution in [0.15, 0.2) is 4.52 Å². The van der Waals surface area contributed by atoms with Gasteiger partial charge in [0.15, 0.2) is 5.82 Å². The fourth-order valence-electron chi connectivity index (χ4n) is 0.322. The molecule has 5 heteroatoms. The van der Waals surface area contributed by atoms with Gasteiger partial charge in [0.1, 0.15) is 0 Å². The molecular weight excluding hydrogens is 110 g/mol. The molecule has 1 heterocycles. The molecule has 5 nitrogen and oxygen atoms in total. The highest BCUT2D eigenvalue weighted by molar-refractivity contribution is 5.73. The molecule has 1 aromatic heterocycles. The van der Waals surface area contributed by atoms with Crippen LogP contribution in [0.4, 0.5) is 11.7 Å².